The van der Waals surface area contributed by atoms with Crippen LogP contribution in [-0.4, -0.2) is 18.9 Å². The monoisotopic (exact) mass is 439 g/mol. The molecule has 0 radical (unpaired) electrons. The van der Waals surface area contributed by atoms with Crippen LogP contribution in [0.5, 0.6) is 0 Å². The van der Waals surface area contributed by atoms with Crippen LogP contribution in [0, 0.1) is 0 Å². The first-order valence-corrected chi connectivity index (χ1v) is 13.8. The maximum Gasteiger partial charge on any atom is 0.192 e. The van der Waals surface area contributed by atoms with Gasteiger partial charge < -0.3 is 4.43 Å². The maximum absolute atomic E-state index is 7.00. The second kappa shape index (κ2) is 11.4. The first kappa shape index (κ1) is 23.6. The van der Waals surface area contributed by atoms with Crippen molar-refractivity contribution >= 4 is 29.8 Å². The van der Waals surface area contributed by atoms with E-state index in [2.05, 4.69) is 74.6 Å². The molecule has 0 saturated carbocycles. The van der Waals surface area contributed by atoms with Gasteiger partial charge in [0.25, 0.3) is 0 Å². The summed E-state index contributed by atoms with van der Waals surface area (Å²) in [4.78, 5) is 4.32. The summed E-state index contributed by atoms with van der Waals surface area (Å²) < 4.78 is 8.04. The van der Waals surface area contributed by atoms with Crippen LogP contribution in [0.4, 0.5) is 0 Å². The van der Waals surface area contributed by atoms with Gasteiger partial charge in [-0.25, -0.2) is 0 Å². The highest BCUT2D eigenvalue weighted by atomic mass is 79.9. The predicted molar refractivity (Wildman–Crippen MR) is 121 cm³/mol. The van der Waals surface area contributed by atoms with Gasteiger partial charge >= 0.3 is 0 Å². The Kier molecular flexibility index (Phi) is 10.3. The molecule has 0 aliphatic heterocycles. The van der Waals surface area contributed by atoms with Crippen molar-refractivity contribution in [2.75, 3.05) is 0 Å². The van der Waals surface area contributed by atoms with Crippen LogP contribution in [0.3, 0.4) is 0 Å². The zero-order valence-electron chi connectivity index (χ0n) is 17.7. The van der Waals surface area contributed by atoms with Crippen LogP contribution in [0.1, 0.15) is 79.2 Å². The van der Waals surface area contributed by atoms with E-state index in [0.29, 0.717) is 0 Å². The van der Waals surface area contributed by atoms with Crippen molar-refractivity contribution in [2.45, 2.75) is 97.4 Å². The van der Waals surface area contributed by atoms with E-state index in [4.69, 9.17) is 4.43 Å². The summed E-state index contributed by atoms with van der Waals surface area (Å²) in [7, 11) is -1.59. The number of hydrogen-bond acceptors (Lipinski definition) is 2. The zero-order chi connectivity index (χ0) is 19.6. The fourth-order valence-corrected chi connectivity index (χ4v) is 7.40. The van der Waals surface area contributed by atoms with Gasteiger partial charge in [-0.1, -0.05) is 47.6 Å². The largest absolute Gasteiger partial charge is 0.411 e. The molecule has 0 aliphatic carbocycles. The fraction of sp³-hybridized carbons (Fsp3) is 0.682. The van der Waals surface area contributed by atoms with Crippen LogP contribution >= 0.6 is 15.9 Å². The first-order chi connectivity index (χ1) is 12.4. The number of aromatic nitrogens is 1. The first-order valence-electron chi connectivity index (χ1n) is 10.4. The van der Waals surface area contributed by atoms with Gasteiger partial charge in [0.05, 0.1) is 5.60 Å². The number of rotatable bonds is 12. The number of hydrogen-bond donors (Lipinski definition) is 0. The van der Waals surface area contributed by atoms with Crippen molar-refractivity contribution in [3.8, 4) is 0 Å². The van der Waals surface area contributed by atoms with Gasteiger partial charge in [-0.15, -0.1) is 0 Å². The molecular formula is C22H38BrNOSi. The quantitative estimate of drug-likeness (QED) is 0.307. The van der Waals surface area contributed by atoms with Gasteiger partial charge in [-0.2, -0.15) is 0 Å². The van der Waals surface area contributed by atoms with Crippen LogP contribution in [0.25, 0.3) is 5.57 Å². The zero-order valence-corrected chi connectivity index (χ0v) is 20.3. The highest BCUT2D eigenvalue weighted by Crippen LogP contribution is 2.35. The summed E-state index contributed by atoms with van der Waals surface area (Å²) in [6.45, 7) is 13.8. The third-order valence-corrected chi connectivity index (χ3v) is 11.3. The Bertz CT molecular complexity index is 557. The Morgan fingerprint density at radius 2 is 1.69 bits per heavy atom. The van der Waals surface area contributed by atoms with E-state index in [1.807, 2.05) is 12.4 Å². The van der Waals surface area contributed by atoms with Crippen molar-refractivity contribution in [1.82, 2.24) is 4.98 Å². The third-order valence-electron chi connectivity index (χ3n) is 6.10. The molecule has 0 amide bonds. The van der Waals surface area contributed by atoms with Gasteiger partial charge in [0.1, 0.15) is 0 Å². The molecule has 0 fully saturated rings. The Balaban J connectivity index is 2.93. The van der Waals surface area contributed by atoms with Crippen LogP contribution in [-0.2, 0) is 4.43 Å². The van der Waals surface area contributed by atoms with E-state index < -0.39 is 8.32 Å². The molecule has 2 nitrogen and oxygen atoms in total. The lowest BCUT2D eigenvalue weighted by Crippen LogP contribution is -2.46. The lowest BCUT2D eigenvalue weighted by molar-refractivity contribution is 0.0397. The van der Waals surface area contributed by atoms with E-state index >= 15 is 0 Å². The Labute approximate surface area is 171 Å². The number of nitrogens with zero attached hydrogens (tertiary/aromatic N) is 1. The normalized spacial score (nSPS) is 13.3. The highest BCUT2D eigenvalue weighted by molar-refractivity contribution is 9.10. The summed E-state index contributed by atoms with van der Waals surface area (Å²) >= 11 is 3.53. The summed E-state index contributed by atoms with van der Waals surface area (Å²) in [6.07, 6.45) is 11.6. The van der Waals surface area contributed by atoms with Crippen molar-refractivity contribution in [3.05, 3.63) is 34.6 Å². The molecule has 0 atom stereocenters. The van der Waals surface area contributed by atoms with Crippen molar-refractivity contribution in [2.24, 2.45) is 0 Å². The number of pyridine rings is 1. The molecule has 1 rings (SSSR count). The lowest BCUT2D eigenvalue weighted by atomic mass is 9.91. The van der Waals surface area contributed by atoms with Crippen molar-refractivity contribution in [1.29, 1.82) is 0 Å². The Morgan fingerprint density at radius 3 is 2.15 bits per heavy atom. The molecule has 1 aromatic heterocycles. The minimum Gasteiger partial charge on any atom is -0.411 e. The summed E-state index contributed by atoms with van der Waals surface area (Å²) in [5, 5.41) is 0. The average Bonchev–Trinajstić information content (AvgIpc) is 2.68. The molecule has 0 aliphatic rings. The van der Waals surface area contributed by atoms with Gasteiger partial charge in [0, 0.05) is 16.9 Å². The van der Waals surface area contributed by atoms with Gasteiger partial charge in [-0.05, 0) is 83.4 Å². The van der Waals surface area contributed by atoms with Gasteiger partial charge in [-0.3, -0.25) is 4.98 Å². The lowest BCUT2D eigenvalue weighted by Gasteiger charge is -2.42. The third kappa shape index (κ3) is 6.31. The van der Waals surface area contributed by atoms with E-state index in [9.17, 15) is 0 Å². The summed E-state index contributed by atoms with van der Waals surface area (Å²) in [5.41, 5.74) is 2.64. The summed E-state index contributed by atoms with van der Waals surface area (Å²) in [5.74, 6) is 0. The molecule has 26 heavy (non-hydrogen) atoms. The second-order valence-corrected chi connectivity index (χ2v) is 12.9. The molecule has 0 saturated heterocycles. The Hall–Kier alpha value is -0.453. The molecule has 1 aromatic rings. The minimum atomic E-state index is -1.59. The topological polar surface area (TPSA) is 22.1 Å². The molecule has 1 heterocycles. The molecule has 0 N–H and O–H groups in total. The van der Waals surface area contributed by atoms with Gasteiger partial charge in [0.2, 0.25) is 0 Å². The SMILES string of the molecule is CC/C(=C\CCC(CC)(CC)O[Si](CC)(CC)CC)c1cncc(Br)c1. The molecular weight excluding hydrogens is 402 g/mol. The number of allylic oxidation sites excluding steroid dienone is 2. The molecule has 0 spiro atoms. The van der Waals surface area contributed by atoms with Crippen molar-refractivity contribution < 1.29 is 4.43 Å². The van der Waals surface area contributed by atoms with E-state index in [-0.39, 0.29) is 5.60 Å². The smallest absolute Gasteiger partial charge is 0.192 e. The van der Waals surface area contributed by atoms with Gasteiger partial charge in [0.15, 0.2) is 8.32 Å². The maximum atomic E-state index is 7.00. The van der Waals surface area contributed by atoms with Crippen LogP contribution in [0.15, 0.2) is 29.0 Å². The van der Waals surface area contributed by atoms with Crippen molar-refractivity contribution in [3.63, 3.8) is 0 Å². The average molecular weight is 441 g/mol. The molecule has 0 unspecified atom stereocenters. The fourth-order valence-electron chi connectivity index (χ4n) is 3.79. The molecule has 0 aromatic carbocycles. The number of halogens is 1. The second-order valence-electron chi connectivity index (χ2n) is 7.25. The molecule has 148 valence electrons. The molecule has 0 bridgehead atoms. The van der Waals surface area contributed by atoms with E-state index in [0.717, 1.165) is 36.6 Å². The Morgan fingerprint density at radius 1 is 1.08 bits per heavy atom. The highest BCUT2D eigenvalue weighted by Gasteiger charge is 2.38. The standard InChI is InChI=1S/C22H38BrNOSi/c1-7-19(20-16-21(23)18-24-17-20)14-13-15-22(8-2,9-3)25-26(10-4,11-5)12-6/h14,16-18H,7-13,15H2,1-6H3/b19-14+. The van der Waals surface area contributed by atoms with Crippen LogP contribution < -0.4 is 0 Å². The predicted octanol–water partition coefficient (Wildman–Crippen LogP) is 8.00. The van der Waals surface area contributed by atoms with E-state index in [1.165, 1.54) is 29.3 Å². The van der Waals surface area contributed by atoms with E-state index in [1.54, 1.807) is 0 Å². The van der Waals surface area contributed by atoms with Crippen LogP contribution in [0.2, 0.25) is 18.1 Å². The molecule has 4 heteroatoms. The minimum absolute atomic E-state index is 0.0408. The summed E-state index contributed by atoms with van der Waals surface area (Å²) in [6, 6.07) is 5.83.